The molecule has 0 bridgehead atoms. The number of rotatable bonds is 4. The molecule has 2 amide bonds. The largest absolute Gasteiger partial charge is 0.480 e. The van der Waals surface area contributed by atoms with Gasteiger partial charge in [-0.2, -0.15) is 0 Å². The highest BCUT2D eigenvalue weighted by atomic mass is 16.4. The van der Waals surface area contributed by atoms with Crippen LogP contribution in [0.2, 0.25) is 0 Å². The fraction of sp³-hybridized carbons (Fsp3) is 0.867. The zero-order valence-corrected chi connectivity index (χ0v) is 12.8. The minimum absolute atomic E-state index is 0.143. The number of amides is 2. The first-order valence-corrected chi connectivity index (χ1v) is 8.08. The van der Waals surface area contributed by atoms with Crippen LogP contribution in [0.3, 0.4) is 0 Å². The summed E-state index contributed by atoms with van der Waals surface area (Å²) in [5, 5.41) is 18.5. The van der Waals surface area contributed by atoms with Crippen LogP contribution in [0.1, 0.15) is 51.9 Å². The van der Waals surface area contributed by atoms with Gasteiger partial charge in [-0.05, 0) is 57.5 Å². The molecule has 0 aromatic heterocycles. The number of piperidine rings is 1. The Kier molecular flexibility index (Phi) is 5.45. The SMILES string of the molecule is CCC1CCC(NC(=O)NC2CCNCC2)(C(=O)O)CC1. The van der Waals surface area contributed by atoms with Crippen LogP contribution < -0.4 is 16.0 Å². The molecule has 1 aliphatic heterocycles. The standard InChI is InChI=1S/C15H27N3O3/c1-2-11-3-7-15(8-4-11,13(19)20)18-14(21)17-12-5-9-16-10-6-12/h11-12,16H,2-10H2,1H3,(H,19,20)(H2,17,18,21). The second-order valence-electron chi connectivity index (χ2n) is 6.36. The number of carboxylic acid groups (broad SMARTS) is 1. The highest BCUT2D eigenvalue weighted by molar-refractivity contribution is 5.86. The van der Waals surface area contributed by atoms with E-state index in [1.165, 1.54) is 0 Å². The van der Waals surface area contributed by atoms with E-state index >= 15 is 0 Å². The third-order valence-corrected chi connectivity index (χ3v) is 4.97. The molecule has 0 aromatic carbocycles. The molecule has 0 unspecified atom stereocenters. The monoisotopic (exact) mass is 297 g/mol. The van der Waals surface area contributed by atoms with Gasteiger partial charge in [0.2, 0.25) is 0 Å². The number of nitrogens with one attached hydrogen (secondary N) is 3. The lowest BCUT2D eigenvalue weighted by Crippen LogP contribution is -2.60. The quantitative estimate of drug-likeness (QED) is 0.632. The van der Waals surface area contributed by atoms with Crippen molar-refractivity contribution >= 4 is 12.0 Å². The Morgan fingerprint density at radius 3 is 2.33 bits per heavy atom. The van der Waals surface area contributed by atoms with Gasteiger partial charge in [0, 0.05) is 6.04 Å². The van der Waals surface area contributed by atoms with E-state index < -0.39 is 11.5 Å². The van der Waals surface area contributed by atoms with Gasteiger partial charge < -0.3 is 21.1 Å². The summed E-state index contributed by atoms with van der Waals surface area (Å²) in [6, 6.07) is -0.191. The number of carboxylic acids is 1. The van der Waals surface area contributed by atoms with Crippen molar-refractivity contribution < 1.29 is 14.7 Å². The minimum atomic E-state index is -1.08. The van der Waals surface area contributed by atoms with Crippen LogP contribution in [-0.4, -0.2) is 41.8 Å². The number of aliphatic carboxylic acids is 1. The van der Waals surface area contributed by atoms with Gasteiger partial charge in [-0.1, -0.05) is 13.3 Å². The average molecular weight is 297 g/mol. The first-order valence-electron chi connectivity index (χ1n) is 8.08. The Hall–Kier alpha value is -1.30. The summed E-state index contributed by atoms with van der Waals surface area (Å²) in [7, 11) is 0. The van der Waals surface area contributed by atoms with E-state index in [9.17, 15) is 14.7 Å². The predicted octanol–water partition coefficient (Wildman–Crippen LogP) is 1.46. The van der Waals surface area contributed by atoms with Crippen LogP contribution in [-0.2, 0) is 4.79 Å². The van der Waals surface area contributed by atoms with E-state index in [-0.39, 0.29) is 12.1 Å². The van der Waals surface area contributed by atoms with Crippen LogP contribution in [0.5, 0.6) is 0 Å². The Morgan fingerprint density at radius 2 is 1.81 bits per heavy atom. The normalized spacial score (nSPS) is 30.6. The molecule has 21 heavy (non-hydrogen) atoms. The summed E-state index contributed by atoms with van der Waals surface area (Å²) in [4.78, 5) is 23.8. The smallest absolute Gasteiger partial charge is 0.329 e. The highest BCUT2D eigenvalue weighted by Gasteiger charge is 2.43. The highest BCUT2D eigenvalue weighted by Crippen LogP contribution is 2.34. The third kappa shape index (κ3) is 4.09. The number of carbonyl (C=O) groups excluding carboxylic acids is 1. The van der Waals surface area contributed by atoms with Gasteiger partial charge in [-0.25, -0.2) is 9.59 Å². The van der Waals surface area contributed by atoms with Crippen LogP contribution in [0, 0.1) is 5.92 Å². The first kappa shape index (κ1) is 16.1. The molecular formula is C15H27N3O3. The van der Waals surface area contributed by atoms with Crippen molar-refractivity contribution in [3.05, 3.63) is 0 Å². The molecule has 6 heteroatoms. The zero-order valence-electron chi connectivity index (χ0n) is 12.8. The molecule has 2 aliphatic rings. The van der Waals surface area contributed by atoms with Crippen LogP contribution in [0.4, 0.5) is 4.79 Å². The summed E-state index contributed by atoms with van der Waals surface area (Å²) >= 11 is 0. The zero-order chi connectivity index (χ0) is 15.3. The predicted molar refractivity (Wildman–Crippen MR) is 80.2 cm³/mol. The van der Waals surface area contributed by atoms with Gasteiger partial charge in [-0.3, -0.25) is 0 Å². The van der Waals surface area contributed by atoms with E-state index in [4.69, 9.17) is 0 Å². The summed E-state index contributed by atoms with van der Waals surface area (Å²) < 4.78 is 0. The van der Waals surface area contributed by atoms with E-state index in [1.807, 2.05) is 0 Å². The van der Waals surface area contributed by atoms with Crippen molar-refractivity contribution in [3.8, 4) is 0 Å². The van der Waals surface area contributed by atoms with Crippen molar-refractivity contribution in [2.45, 2.75) is 63.5 Å². The fourth-order valence-corrected chi connectivity index (χ4v) is 3.38. The summed E-state index contributed by atoms with van der Waals surface area (Å²) in [6.07, 6.45) is 5.67. The van der Waals surface area contributed by atoms with Crippen molar-refractivity contribution in [2.24, 2.45) is 5.92 Å². The van der Waals surface area contributed by atoms with Gasteiger partial charge in [0.05, 0.1) is 0 Å². The molecule has 1 aliphatic carbocycles. The molecule has 1 saturated carbocycles. The third-order valence-electron chi connectivity index (χ3n) is 4.97. The second-order valence-corrected chi connectivity index (χ2v) is 6.36. The number of urea groups is 1. The van der Waals surface area contributed by atoms with E-state index in [0.717, 1.165) is 45.2 Å². The maximum atomic E-state index is 12.1. The topological polar surface area (TPSA) is 90.5 Å². The molecular weight excluding hydrogens is 270 g/mol. The van der Waals surface area contributed by atoms with Crippen molar-refractivity contribution in [1.82, 2.24) is 16.0 Å². The molecule has 4 N–H and O–H groups in total. The molecule has 0 aromatic rings. The van der Waals surface area contributed by atoms with Crippen LogP contribution in [0.15, 0.2) is 0 Å². The minimum Gasteiger partial charge on any atom is -0.480 e. The lowest BCUT2D eigenvalue weighted by atomic mass is 9.75. The van der Waals surface area contributed by atoms with Gasteiger partial charge in [0.1, 0.15) is 5.54 Å². The van der Waals surface area contributed by atoms with Gasteiger partial charge in [-0.15, -0.1) is 0 Å². The first-order chi connectivity index (χ1) is 10.1. The second kappa shape index (κ2) is 7.11. The molecule has 120 valence electrons. The number of hydrogen-bond donors (Lipinski definition) is 4. The molecule has 2 rings (SSSR count). The van der Waals surface area contributed by atoms with Gasteiger partial charge in [0.25, 0.3) is 0 Å². The molecule has 1 saturated heterocycles. The summed E-state index contributed by atoms with van der Waals surface area (Å²) in [5.74, 6) is -0.315. The molecule has 2 fully saturated rings. The molecule has 1 heterocycles. The van der Waals surface area contributed by atoms with Crippen LogP contribution >= 0.6 is 0 Å². The number of carbonyl (C=O) groups is 2. The molecule has 0 spiro atoms. The van der Waals surface area contributed by atoms with Crippen molar-refractivity contribution in [2.75, 3.05) is 13.1 Å². The number of hydrogen-bond acceptors (Lipinski definition) is 3. The van der Waals surface area contributed by atoms with E-state index in [2.05, 4.69) is 22.9 Å². The summed E-state index contributed by atoms with van der Waals surface area (Å²) in [6.45, 7) is 3.93. The Balaban J connectivity index is 1.90. The van der Waals surface area contributed by atoms with Gasteiger partial charge >= 0.3 is 12.0 Å². The van der Waals surface area contributed by atoms with E-state index in [1.54, 1.807) is 0 Å². The Bertz CT molecular complexity index is 372. The maximum absolute atomic E-state index is 12.1. The van der Waals surface area contributed by atoms with Crippen molar-refractivity contribution in [1.29, 1.82) is 0 Å². The van der Waals surface area contributed by atoms with E-state index in [0.29, 0.717) is 18.8 Å². The van der Waals surface area contributed by atoms with Crippen molar-refractivity contribution in [3.63, 3.8) is 0 Å². The molecule has 0 atom stereocenters. The molecule has 6 nitrogen and oxygen atoms in total. The summed E-state index contributed by atoms with van der Waals surface area (Å²) in [5.41, 5.74) is -1.08. The lowest BCUT2D eigenvalue weighted by Gasteiger charge is -2.37. The average Bonchev–Trinajstić information content (AvgIpc) is 2.48. The lowest BCUT2D eigenvalue weighted by molar-refractivity contribution is -0.146. The maximum Gasteiger partial charge on any atom is 0.329 e. The fourth-order valence-electron chi connectivity index (χ4n) is 3.38. The Morgan fingerprint density at radius 1 is 1.19 bits per heavy atom. The molecule has 0 radical (unpaired) electrons. The van der Waals surface area contributed by atoms with Crippen LogP contribution in [0.25, 0.3) is 0 Å². The van der Waals surface area contributed by atoms with Gasteiger partial charge in [0.15, 0.2) is 0 Å². The Labute approximate surface area is 126 Å².